The number of benzene rings is 2. The molecule has 2 amide bonds. The number of hydrogen-bond acceptors (Lipinski definition) is 5. The Balaban J connectivity index is 0.000000142. The number of amides is 2. The summed E-state index contributed by atoms with van der Waals surface area (Å²) in [6.07, 6.45) is 4.79. The van der Waals surface area contributed by atoms with Crippen molar-refractivity contribution in [2.45, 2.75) is 36.9 Å². The van der Waals surface area contributed by atoms with Crippen LogP contribution in [-0.4, -0.2) is 23.9 Å². The van der Waals surface area contributed by atoms with Gasteiger partial charge in [0.25, 0.3) is 0 Å². The molecule has 0 bridgehead atoms. The van der Waals surface area contributed by atoms with Crippen molar-refractivity contribution in [1.82, 2.24) is 0 Å². The van der Waals surface area contributed by atoms with Crippen LogP contribution in [0.4, 0.5) is 21.0 Å². The van der Waals surface area contributed by atoms with Gasteiger partial charge in [-0.2, -0.15) is 0 Å². The van der Waals surface area contributed by atoms with Crippen molar-refractivity contribution in [2.24, 2.45) is 11.8 Å². The summed E-state index contributed by atoms with van der Waals surface area (Å²) in [5.41, 5.74) is 1.49. The summed E-state index contributed by atoms with van der Waals surface area (Å²) in [5, 5.41) is 16.2. The number of carbonyl (C=O) groups excluding carboxylic acids is 2. The minimum absolute atomic E-state index is 0.191. The van der Waals surface area contributed by atoms with Gasteiger partial charge in [0.2, 0.25) is 0 Å². The van der Waals surface area contributed by atoms with E-state index in [1.54, 1.807) is 36.4 Å². The molecular weight excluding hydrogens is 479 g/mol. The van der Waals surface area contributed by atoms with Crippen LogP contribution in [-0.2, 0) is 20.7 Å². The highest BCUT2D eigenvalue weighted by Crippen LogP contribution is 2.53. The topological polar surface area (TPSA) is 96.9 Å². The molecule has 2 aliphatic heterocycles. The van der Waals surface area contributed by atoms with Crippen molar-refractivity contribution in [3.05, 3.63) is 70.2 Å². The number of cyclic esters (lactones) is 2. The molecular formula is C25H24Cl2N2O5. The zero-order chi connectivity index (χ0) is 24.1. The highest BCUT2D eigenvalue weighted by atomic mass is 35.5. The van der Waals surface area contributed by atoms with Crippen LogP contribution in [0, 0.1) is 11.8 Å². The number of carbonyl (C=O) groups is 2. The summed E-state index contributed by atoms with van der Waals surface area (Å²) >= 11 is 12.0. The van der Waals surface area contributed by atoms with Gasteiger partial charge in [0.1, 0.15) is 0 Å². The smallest absolute Gasteiger partial charge is 0.412 e. The molecule has 2 fully saturated rings. The van der Waals surface area contributed by atoms with Crippen LogP contribution in [0.3, 0.4) is 0 Å². The van der Waals surface area contributed by atoms with Gasteiger partial charge in [-0.1, -0.05) is 29.8 Å². The minimum Gasteiger partial charge on any atom is -0.435 e. The number of fused-ring (bicyclic) bond motifs is 2. The van der Waals surface area contributed by atoms with Gasteiger partial charge in [0.15, 0.2) is 11.2 Å². The maximum absolute atomic E-state index is 11.6. The quantitative estimate of drug-likeness (QED) is 0.432. The summed E-state index contributed by atoms with van der Waals surface area (Å²) in [7, 11) is 0. The molecule has 9 heteroatoms. The van der Waals surface area contributed by atoms with Crippen molar-refractivity contribution < 1.29 is 24.2 Å². The number of rotatable bonds is 4. The maximum atomic E-state index is 11.6. The largest absolute Gasteiger partial charge is 0.435 e. The van der Waals surface area contributed by atoms with Crippen molar-refractivity contribution in [2.75, 3.05) is 17.2 Å². The van der Waals surface area contributed by atoms with E-state index in [4.69, 9.17) is 32.7 Å². The van der Waals surface area contributed by atoms with E-state index in [2.05, 4.69) is 17.2 Å². The van der Waals surface area contributed by atoms with Crippen LogP contribution in [0.1, 0.15) is 36.8 Å². The lowest BCUT2D eigenvalue weighted by atomic mass is 9.86. The van der Waals surface area contributed by atoms with Crippen LogP contribution < -0.4 is 10.6 Å². The Hall–Kier alpha value is -2.74. The van der Waals surface area contributed by atoms with Crippen molar-refractivity contribution in [3.8, 4) is 0 Å². The number of hydrogen-bond donors (Lipinski definition) is 3. The molecule has 6 rings (SSSR count). The molecule has 3 N–H and O–H groups in total. The number of ether oxygens (including phenoxy) is 2. The van der Waals surface area contributed by atoms with E-state index in [9.17, 15) is 14.7 Å². The first-order valence-electron chi connectivity index (χ1n) is 11.2. The van der Waals surface area contributed by atoms with Gasteiger partial charge in [0, 0.05) is 33.0 Å². The maximum Gasteiger partial charge on any atom is 0.412 e. The molecule has 178 valence electrons. The number of aliphatic hydroxyl groups excluding tert-OH is 1. The average molecular weight is 503 g/mol. The average Bonchev–Trinajstić information content (AvgIpc) is 3.71. The Kier molecular flexibility index (Phi) is 5.74. The van der Waals surface area contributed by atoms with Gasteiger partial charge < -0.3 is 14.6 Å². The molecule has 0 spiro atoms. The van der Waals surface area contributed by atoms with Gasteiger partial charge in [0.05, 0.1) is 18.0 Å². The van der Waals surface area contributed by atoms with E-state index in [0.29, 0.717) is 21.7 Å². The standard InChI is InChI=1S/C13H12ClNO2.C12H12ClNO3/c1-2-13(8-3-4-8)10-7-9(14)5-6-11(10)15-12(16)17-13;13-8-3-4-10-9(5-8)12(6-15,7-1-2-7)17-11(16)14-10/h2,5-8H,1,3-4H2,(H,15,16);3-5,7,15H,1-2,6H2,(H,14,16). The first-order valence-corrected chi connectivity index (χ1v) is 11.9. The van der Waals surface area contributed by atoms with E-state index in [-0.39, 0.29) is 12.5 Å². The first-order chi connectivity index (χ1) is 16.3. The highest BCUT2D eigenvalue weighted by Gasteiger charge is 2.53. The van der Waals surface area contributed by atoms with Crippen molar-refractivity contribution in [3.63, 3.8) is 0 Å². The third-order valence-corrected chi connectivity index (χ3v) is 7.28. The molecule has 2 atom stereocenters. The molecule has 0 radical (unpaired) electrons. The molecule has 2 aromatic carbocycles. The lowest BCUT2D eigenvalue weighted by Crippen LogP contribution is -2.44. The molecule has 2 saturated carbocycles. The van der Waals surface area contributed by atoms with Gasteiger partial charge in [-0.05, 0) is 68.2 Å². The first kappa shape index (κ1) is 23.0. The number of halogens is 2. The number of aliphatic hydroxyl groups is 1. The van der Waals surface area contributed by atoms with E-state index in [1.165, 1.54) is 0 Å². The minimum atomic E-state index is -0.914. The number of anilines is 2. The van der Waals surface area contributed by atoms with Gasteiger partial charge >= 0.3 is 12.2 Å². The van der Waals surface area contributed by atoms with Crippen LogP contribution >= 0.6 is 23.2 Å². The lowest BCUT2D eigenvalue weighted by molar-refractivity contribution is -0.0491. The Morgan fingerprint density at radius 1 is 0.912 bits per heavy atom. The monoisotopic (exact) mass is 502 g/mol. The zero-order valence-corrected chi connectivity index (χ0v) is 19.8. The normalized spacial score (nSPS) is 26.9. The van der Waals surface area contributed by atoms with Crippen LogP contribution in [0.5, 0.6) is 0 Å². The number of nitrogens with one attached hydrogen (secondary N) is 2. The SMILES string of the molecule is C=CC1(C2CC2)OC(=O)Nc2ccc(Cl)cc21.O=C1Nc2ccc(Cl)cc2C(CO)(C2CC2)O1. The van der Waals surface area contributed by atoms with Crippen molar-refractivity contribution in [1.29, 1.82) is 0 Å². The third kappa shape index (κ3) is 3.91. The molecule has 2 heterocycles. The zero-order valence-electron chi connectivity index (χ0n) is 18.3. The molecule has 0 saturated heterocycles. The molecule has 4 aliphatic rings. The fourth-order valence-electron chi connectivity index (χ4n) is 4.86. The summed E-state index contributed by atoms with van der Waals surface area (Å²) < 4.78 is 10.9. The fraction of sp³-hybridized carbons (Fsp3) is 0.360. The second kappa shape index (κ2) is 8.48. The second-order valence-electron chi connectivity index (χ2n) is 9.00. The van der Waals surface area contributed by atoms with Gasteiger partial charge in [-0.3, -0.25) is 10.6 Å². The predicted octanol–water partition coefficient (Wildman–Crippen LogP) is 6.19. The molecule has 2 aromatic rings. The van der Waals surface area contributed by atoms with Gasteiger partial charge in [-0.15, -0.1) is 0 Å². The summed E-state index contributed by atoms with van der Waals surface area (Å²) in [6, 6.07) is 10.6. The lowest BCUT2D eigenvalue weighted by Gasteiger charge is -2.37. The molecule has 2 unspecified atom stereocenters. The highest BCUT2D eigenvalue weighted by molar-refractivity contribution is 6.31. The Morgan fingerprint density at radius 2 is 1.44 bits per heavy atom. The Morgan fingerprint density at radius 3 is 1.97 bits per heavy atom. The summed E-state index contributed by atoms with van der Waals surface area (Å²) in [4.78, 5) is 23.1. The Bertz CT molecular complexity index is 1180. The van der Waals surface area contributed by atoms with E-state index >= 15 is 0 Å². The van der Waals surface area contributed by atoms with E-state index in [1.807, 2.05) is 6.07 Å². The Labute approximate surface area is 207 Å². The van der Waals surface area contributed by atoms with Crippen LogP contribution in [0.2, 0.25) is 10.0 Å². The van der Waals surface area contributed by atoms with E-state index < -0.39 is 23.4 Å². The molecule has 7 nitrogen and oxygen atoms in total. The third-order valence-electron chi connectivity index (χ3n) is 6.81. The van der Waals surface area contributed by atoms with Crippen molar-refractivity contribution >= 4 is 46.8 Å². The summed E-state index contributed by atoms with van der Waals surface area (Å²) in [6.45, 7) is 3.62. The van der Waals surface area contributed by atoms with Crippen LogP contribution in [0.15, 0.2) is 49.1 Å². The summed E-state index contributed by atoms with van der Waals surface area (Å²) in [5.74, 6) is 0.513. The van der Waals surface area contributed by atoms with Crippen LogP contribution in [0.25, 0.3) is 0 Å². The van der Waals surface area contributed by atoms with Gasteiger partial charge in [-0.25, -0.2) is 9.59 Å². The fourth-order valence-corrected chi connectivity index (χ4v) is 5.20. The predicted molar refractivity (Wildman–Crippen MR) is 129 cm³/mol. The second-order valence-corrected chi connectivity index (χ2v) is 9.88. The van der Waals surface area contributed by atoms with E-state index in [0.717, 1.165) is 42.5 Å². The molecule has 0 aromatic heterocycles. The molecule has 34 heavy (non-hydrogen) atoms. The molecule has 2 aliphatic carbocycles.